The lowest BCUT2D eigenvalue weighted by atomic mass is 10.1. The minimum atomic E-state index is -0.191. The first kappa shape index (κ1) is 13.7. The van der Waals surface area contributed by atoms with E-state index in [1.165, 1.54) is 0 Å². The average molecular weight is 235 g/mol. The molecule has 0 radical (unpaired) electrons. The number of hydrogen-bond acceptors (Lipinski definition) is 2. The Hall–Kier alpha value is -1.35. The Morgan fingerprint density at radius 2 is 1.94 bits per heavy atom. The molecule has 1 aromatic carbocycles. The Morgan fingerprint density at radius 3 is 2.47 bits per heavy atom. The summed E-state index contributed by atoms with van der Waals surface area (Å²) in [6, 6.07) is 9.67. The van der Waals surface area contributed by atoms with Crippen LogP contribution in [0, 0.1) is 5.92 Å². The van der Waals surface area contributed by atoms with E-state index in [-0.39, 0.29) is 18.6 Å². The van der Waals surface area contributed by atoms with Crippen LogP contribution in [0.4, 0.5) is 0 Å². The summed E-state index contributed by atoms with van der Waals surface area (Å²) in [5, 5.41) is 12.1. The summed E-state index contributed by atoms with van der Waals surface area (Å²) in [6.45, 7) is 3.98. The molecule has 0 fully saturated rings. The zero-order valence-electron chi connectivity index (χ0n) is 10.5. The van der Waals surface area contributed by atoms with Crippen LogP contribution >= 0.6 is 0 Å². The van der Waals surface area contributed by atoms with E-state index in [0.717, 1.165) is 5.56 Å². The largest absolute Gasteiger partial charge is 0.394 e. The molecule has 0 spiro atoms. The van der Waals surface area contributed by atoms with Crippen LogP contribution in [-0.4, -0.2) is 23.7 Å². The highest BCUT2D eigenvalue weighted by molar-refractivity contribution is 5.76. The molecule has 0 aromatic heterocycles. The van der Waals surface area contributed by atoms with Gasteiger partial charge >= 0.3 is 0 Å². The molecule has 0 saturated heterocycles. The Labute approximate surface area is 103 Å². The third kappa shape index (κ3) is 5.50. The average Bonchev–Trinajstić information content (AvgIpc) is 2.28. The molecule has 94 valence electrons. The Balaban J connectivity index is 2.46. The first-order valence-electron chi connectivity index (χ1n) is 6.06. The Kier molecular flexibility index (Phi) is 5.70. The van der Waals surface area contributed by atoms with Gasteiger partial charge in [-0.1, -0.05) is 44.2 Å². The van der Waals surface area contributed by atoms with E-state index in [0.29, 0.717) is 18.8 Å². The summed E-state index contributed by atoms with van der Waals surface area (Å²) >= 11 is 0. The highest BCUT2D eigenvalue weighted by Crippen LogP contribution is 2.04. The lowest BCUT2D eigenvalue weighted by Gasteiger charge is -2.17. The van der Waals surface area contributed by atoms with E-state index in [1.54, 1.807) is 0 Å². The van der Waals surface area contributed by atoms with Crippen LogP contribution in [0.2, 0.25) is 0 Å². The summed E-state index contributed by atoms with van der Waals surface area (Å²) in [7, 11) is 0. The number of aliphatic hydroxyl groups is 1. The molecule has 1 atom stereocenters. The molecular weight excluding hydrogens is 214 g/mol. The van der Waals surface area contributed by atoms with Crippen molar-refractivity contribution in [1.82, 2.24) is 5.32 Å². The van der Waals surface area contributed by atoms with Crippen LogP contribution in [0.3, 0.4) is 0 Å². The maximum absolute atomic E-state index is 11.6. The van der Waals surface area contributed by atoms with Crippen LogP contribution in [0.25, 0.3) is 0 Å². The summed E-state index contributed by atoms with van der Waals surface area (Å²) in [5.41, 5.74) is 1.12. The van der Waals surface area contributed by atoms with Crippen molar-refractivity contribution >= 4 is 5.91 Å². The van der Waals surface area contributed by atoms with Gasteiger partial charge in [0.15, 0.2) is 0 Å². The van der Waals surface area contributed by atoms with E-state index in [9.17, 15) is 9.90 Å². The molecule has 1 rings (SSSR count). The molecule has 0 aliphatic rings. The highest BCUT2D eigenvalue weighted by Gasteiger charge is 2.12. The van der Waals surface area contributed by atoms with Gasteiger partial charge in [0.2, 0.25) is 5.91 Å². The third-order valence-corrected chi connectivity index (χ3v) is 2.50. The summed E-state index contributed by atoms with van der Waals surface area (Å²) in [6.07, 6.45) is 1.17. The van der Waals surface area contributed by atoms with Gasteiger partial charge in [-0.25, -0.2) is 0 Å². The molecule has 0 aliphatic carbocycles. The molecule has 1 aromatic rings. The van der Waals surface area contributed by atoms with Crippen molar-refractivity contribution in [3.05, 3.63) is 35.9 Å². The fourth-order valence-corrected chi connectivity index (χ4v) is 1.72. The van der Waals surface area contributed by atoms with Crippen molar-refractivity contribution in [3.8, 4) is 0 Å². The summed E-state index contributed by atoms with van der Waals surface area (Å²) < 4.78 is 0. The quantitative estimate of drug-likeness (QED) is 0.789. The number of carbonyl (C=O) groups is 1. The lowest BCUT2D eigenvalue weighted by Crippen LogP contribution is -2.39. The van der Waals surface area contributed by atoms with Gasteiger partial charge < -0.3 is 10.4 Å². The van der Waals surface area contributed by atoms with E-state index in [4.69, 9.17) is 0 Å². The molecule has 3 heteroatoms. The van der Waals surface area contributed by atoms with Crippen LogP contribution in [0.1, 0.15) is 25.8 Å². The molecule has 17 heavy (non-hydrogen) atoms. The van der Waals surface area contributed by atoms with Crippen LogP contribution in [0.15, 0.2) is 30.3 Å². The monoisotopic (exact) mass is 235 g/mol. The summed E-state index contributed by atoms with van der Waals surface area (Å²) in [4.78, 5) is 11.6. The van der Waals surface area contributed by atoms with Crippen molar-refractivity contribution in [2.75, 3.05) is 6.61 Å². The number of rotatable bonds is 6. The van der Waals surface area contributed by atoms with Gasteiger partial charge in [-0.2, -0.15) is 0 Å². The first-order chi connectivity index (χ1) is 8.11. The van der Waals surface area contributed by atoms with Crippen molar-refractivity contribution in [2.45, 2.75) is 32.7 Å². The number of aliphatic hydroxyl groups excluding tert-OH is 1. The van der Waals surface area contributed by atoms with E-state index in [1.807, 2.05) is 44.2 Å². The zero-order chi connectivity index (χ0) is 12.7. The fraction of sp³-hybridized carbons (Fsp3) is 0.500. The Bertz CT molecular complexity index is 335. The minimum absolute atomic E-state index is 0.00924. The number of nitrogens with one attached hydrogen (secondary N) is 1. The van der Waals surface area contributed by atoms with Gasteiger partial charge in [0.05, 0.1) is 12.6 Å². The summed E-state index contributed by atoms with van der Waals surface area (Å²) in [5.74, 6) is 0.348. The van der Waals surface area contributed by atoms with Gasteiger partial charge in [-0.05, 0) is 17.9 Å². The SMILES string of the molecule is CC(C)CC(=O)N[C@H](CO)Cc1ccccc1. The standard InChI is InChI=1S/C14H21NO2/c1-11(2)8-14(17)15-13(10-16)9-12-6-4-3-5-7-12/h3-7,11,13,16H,8-10H2,1-2H3,(H,15,17)/t13-/m0/s1. The second kappa shape index (κ2) is 7.07. The van der Waals surface area contributed by atoms with Crippen LogP contribution in [0.5, 0.6) is 0 Å². The van der Waals surface area contributed by atoms with E-state index < -0.39 is 0 Å². The highest BCUT2D eigenvalue weighted by atomic mass is 16.3. The third-order valence-electron chi connectivity index (χ3n) is 2.50. The molecule has 0 unspecified atom stereocenters. The minimum Gasteiger partial charge on any atom is -0.394 e. The maximum Gasteiger partial charge on any atom is 0.220 e. The van der Waals surface area contributed by atoms with Crippen molar-refractivity contribution in [1.29, 1.82) is 0 Å². The molecule has 0 bridgehead atoms. The normalized spacial score (nSPS) is 12.5. The van der Waals surface area contributed by atoms with Gasteiger partial charge in [0.25, 0.3) is 0 Å². The van der Waals surface area contributed by atoms with E-state index in [2.05, 4.69) is 5.32 Å². The van der Waals surface area contributed by atoms with Crippen molar-refractivity contribution < 1.29 is 9.90 Å². The molecule has 0 heterocycles. The van der Waals surface area contributed by atoms with Gasteiger partial charge in [-0.3, -0.25) is 4.79 Å². The number of benzene rings is 1. The fourth-order valence-electron chi connectivity index (χ4n) is 1.72. The topological polar surface area (TPSA) is 49.3 Å². The number of amides is 1. The van der Waals surface area contributed by atoms with Crippen LogP contribution < -0.4 is 5.32 Å². The number of carbonyl (C=O) groups excluding carboxylic acids is 1. The smallest absolute Gasteiger partial charge is 0.220 e. The lowest BCUT2D eigenvalue weighted by molar-refractivity contribution is -0.122. The molecular formula is C14H21NO2. The molecule has 2 N–H and O–H groups in total. The predicted molar refractivity (Wildman–Crippen MR) is 68.6 cm³/mol. The second-order valence-electron chi connectivity index (χ2n) is 4.73. The maximum atomic E-state index is 11.6. The predicted octanol–water partition coefficient (Wildman–Crippen LogP) is 1.75. The van der Waals surface area contributed by atoms with Crippen molar-refractivity contribution in [2.24, 2.45) is 5.92 Å². The Morgan fingerprint density at radius 1 is 1.29 bits per heavy atom. The van der Waals surface area contributed by atoms with Crippen molar-refractivity contribution in [3.63, 3.8) is 0 Å². The molecule has 3 nitrogen and oxygen atoms in total. The first-order valence-corrected chi connectivity index (χ1v) is 6.06. The molecule has 0 aliphatic heterocycles. The molecule has 1 amide bonds. The van der Waals surface area contributed by atoms with Gasteiger partial charge in [-0.15, -0.1) is 0 Å². The van der Waals surface area contributed by atoms with Gasteiger partial charge in [0, 0.05) is 6.42 Å². The second-order valence-corrected chi connectivity index (χ2v) is 4.73. The van der Waals surface area contributed by atoms with E-state index >= 15 is 0 Å². The van der Waals surface area contributed by atoms with Gasteiger partial charge in [0.1, 0.15) is 0 Å². The molecule has 0 saturated carbocycles. The van der Waals surface area contributed by atoms with Crippen LogP contribution in [-0.2, 0) is 11.2 Å². The zero-order valence-corrected chi connectivity index (χ0v) is 10.5. The number of hydrogen-bond donors (Lipinski definition) is 2.